The van der Waals surface area contributed by atoms with Crippen LogP contribution in [-0.2, 0) is 9.59 Å². The Morgan fingerprint density at radius 1 is 1.11 bits per heavy atom. The monoisotopic (exact) mass is 423 g/mol. The van der Waals surface area contributed by atoms with Gasteiger partial charge in [0.2, 0.25) is 11.8 Å². The molecule has 0 fully saturated rings. The van der Waals surface area contributed by atoms with Crippen LogP contribution in [0.3, 0.4) is 0 Å². The molecular weight excluding hydrogens is 401 g/mol. The average molecular weight is 424 g/mol. The van der Waals surface area contributed by atoms with Gasteiger partial charge in [-0.1, -0.05) is 29.3 Å². The molecule has 2 aromatic rings. The van der Waals surface area contributed by atoms with E-state index in [4.69, 9.17) is 27.9 Å². The topological polar surface area (TPSA) is 70.7 Å². The van der Waals surface area contributed by atoms with Gasteiger partial charge in [-0.3, -0.25) is 14.5 Å². The van der Waals surface area contributed by atoms with E-state index in [1.54, 1.807) is 50.2 Å². The molecule has 0 saturated carbocycles. The van der Waals surface area contributed by atoms with Crippen molar-refractivity contribution in [3.8, 4) is 5.75 Å². The number of aryl methyl sites for hydroxylation is 1. The Balaban J connectivity index is 1.96. The molecule has 0 heterocycles. The summed E-state index contributed by atoms with van der Waals surface area (Å²) in [4.78, 5) is 26.5. The Morgan fingerprint density at radius 3 is 2.46 bits per heavy atom. The van der Waals surface area contributed by atoms with Crippen LogP contribution in [0.25, 0.3) is 0 Å². The minimum absolute atomic E-state index is 0.0276. The second-order valence-electron chi connectivity index (χ2n) is 6.46. The average Bonchev–Trinajstić information content (AvgIpc) is 2.64. The molecule has 6 nitrogen and oxygen atoms in total. The van der Waals surface area contributed by atoms with Gasteiger partial charge in [-0.2, -0.15) is 0 Å². The van der Waals surface area contributed by atoms with E-state index in [-0.39, 0.29) is 18.4 Å². The van der Waals surface area contributed by atoms with Gasteiger partial charge >= 0.3 is 0 Å². The molecule has 1 atom stereocenters. The normalized spacial score (nSPS) is 11.8. The van der Waals surface area contributed by atoms with E-state index in [0.29, 0.717) is 27.2 Å². The number of benzene rings is 2. The molecule has 1 unspecified atom stereocenters. The standard InChI is InChI=1S/C20H23Cl2N3O3/c1-12-5-8-18(28-4)17(9-12)24-20(27)13(2)25(3)11-19(26)23-14-6-7-15(21)16(22)10-14/h5-10,13H,11H2,1-4H3,(H,23,26)(H,24,27). The number of nitrogens with one attached hydrogen (secondary N) is 2. The summed E-state index contributed by atoms with van der Waals surface area (Å²) in [5.74, 6) is 0.0635. The summed E-state index contributed by atoms with van der Waals surface area (Å²) in [7, 11) is 3.25. The zero-order valence-electron chi connectivity index (χ0n) is 16.2. The minimum Gasteiger partial charge on any atom is -0.495 e. The smallest absolute Gasteiger partial charge is 0.241 e. The van der Waals surface area contributed by atoms with Gasteiger partial charge in [0, 0.05) is 5.69 Å². The first-order valence-electron chi connectivity index (χ1n) is 8.62. The Labute approximate surface area is 174 Å². The van der Waals surface area contributed by atoms with Crippen LogP contribution in [0.2, 0.25) is 10.0 Å². The SMILES string of the molecule is COc1ccc(C)cc1NC(=O)C(C)N(C)CC(=O)Nc1ccc(Cl)c(Cl)c1. The van der Waals surface area contributed by atoms with Gasteiger partial charge in [-0.05, 0) is 56.8 Å². The molecule has 0 saturated heterocycles. The van der Waals surface area contributed by atoms with Crippen LogP contribution in [0.1, 0.15) is 12.5 Å². The molecule has 0 spiro atoms. The van der Waals surface area contributed by atoms with Gasteiger partial charge in [-0.25, -0.2) is 0 Å². The van der Waals surface area contributed by atoms with Crippen molar-refractivity contribution in [1.82, 2.24) is 4.90 Å². The van der Waals surface area contributed by atoms with Crippen LogP contribution in [0.4, 0.5) is 11.4 Å². The van der Waals surface area contributed by atoms with Crippen molar-refractivity contribution < 1.29 is 14.3 Å². The second kappa shape index (κ2) is 9.78. The maximum atomic E-state index is 12.6. The fourth-order valence-corrected chi connectivity index (χ4v) is 2.79. The Kier molecular flexibility index (Phi) is 7.69. The van der Waals surface area contributed by atoms with Crippen LogP contribution in [-0.4, -0.2) is 43.5 Å². The molecule has 2 N–H and O–H groups in total. The number of carbonyl (C=O) groups excluding carboxylic acids is 2. The fraction of sp³-hybridized carbons (Fsp3) is 0.300. The number of halogens is 2. The first-order chi connectivity index (χ1) is 13.2. The molecule has 0 aliphatic carbocycles. The highest BCUT2D eigenvalue weighted by atomic mass is 35.5. The second-order valence-corrected chi connectivity index (χ2v) is 7.28. The van der Waals surface area contributed by atoms with Crippen LogP contribution >= 0.6 is 23.2 Å². The molecule has 8 heteroatoms. The Bertz CT molecular complexity index is 874. The lowest BCUT2D eigenvalue weighted by Crippen LogP contribution is -2.43. The van der Waals surface area contributed by atoms with E-state index in [9.17, 15) is 9.59 Å². The lowest BCUT2D eigenvalue weighted by molar-refractivity contribution is -0.122. The highest BCUT2D eigenvalue weighted by molar-refractivity contribution is 6.42. The lowest BCUT2D eigenvalue weighted by atomic mass is 10.2. The highest BCUT2D eigenvalue weighted by Gasteiger charge is 2.21. The molecule has 150 valence electrons. The predicted octanol–water partition coefficient (Wildman–Crippen LogP) is 4.21. The van der Waals surface area contributed by atoms with Gasteiger partial charge in [-0.15, -0.1) is 0 Å². The van der Waals surface area contributed by atoms with E-state index >= 15 is 0 Å². The minimum atomic E-state index is -0.537. The third-order valence-corrected chi connectivity index (χ3v) is 4.99. The van der Waals surface area contributed by atoms with E-state index in [2.05, 4.69) is 10.6 Å². The number of methoxy groups -OCH3 is 1. The molecule has 2 amide bonds. The number of nitrogens with zero attached hydrogens (tertiary/aromatic N) is 1. The zero-order valence-corrected chi connectivity index (χ0v) is 17.7. The van der Waals surface area contributed by atoms with Crippen molar-refractivity contribution in [2.75, 3.05) is 31.3 Å². The van der Waals surface area contributed by atoms with Crippen LogP contribution < -0.4 is 15.4 Å². The summed E-state index contributed by atoms with van der Waals surface area (Å²) in [6.45, 7) is 3.68. The summed E-state index contributed by atoms with van der Waals surface area (Å²) in [6.07, 6.45) is 0. The third-order valence-electron chi connectivity index (χ3n) is 4.25. The van der Waals surface area contributed by atoms with Crippen molar-refractivity contribution in [3.63, 3.8) is 0 Å². The van der Waals surface area contributed by atoms with Crippen molar-refractivity contribution in [2.45, 2.75) is 19.9 Å². The maximum Gasteiger partial charge on any atom is 0.241 e. The zero-order chi connectivity index (χ0) is 20.8. The Hall–Kier alpha value is -2.28. The van der Waals surface area contributed by atoms with Gasteiger partial charge in [0.25, 0.3) is 0 Å². The van der Waals surface area contributed by atoms with Gasteiger partial charge in [0.1, 0.15) is 5.75 Å². The number of anilines is 2. The third kappa shape index (κ3) is 5.86. The number of ether oxygens (including phenoxy) is 1. The summed E-state index contributed by atoms with van der Waals surface area (Å²) >= 11 is 11.8. The lowest BCUT2D eigenvalue weighted by Gasteiger charge is -2.24. The molecule has 2 rings (SSSR count). The highest BCUT2D eigenvalue weighted by Crippen LogP contribution is 2.26. The van der Waals surface area contributed by atoms with Gasteiger partial charge in [0.15, 0.2) is 0 Å². The van der Waals surface area contributed by atoms with E-state index in [1.165, 1.54) is 0 Å². The van der Waals surface area contributed by atoms with Crippen molar-refractivity contribution >= 4 is 46.4 Å². The molecule has 28 heavy (non-hydrogen) atoms. The largest absolute Gasteiger partial charge is 0.495 e. The van der Waals surface area contributed by atoms with Crippen molar-refractivity contribution in [2.24, 2.45) is 0 Å². The quantitative estimate of drug-likeness (QED) is 0.699. The molecule has 0 aliphatic rings. The van der Waals surface area contributed by atoms with Crippen LogP contribution in [0, 0.1) is 6.92 Å². The van der Waals surface area contributed by atoms with Gasteiger partial charge in [0.05, 0.1) is 35.4 Å². The summed E-state index contributed by atoms with van der Waals surface area (Å²) in [6, 6.07) is 9.83. The molecule has 2 aromatic carbocycles. The predicted molar refractivity (Wildman–Crippen MR) is 114 cm³/mol. The number of hydrogen-bond acceptors (Lipinski definition) is 4. The summed E-state index contributed by atoms with van der Waals surface area (Å²) < 4.78 is 5.28. The van der Waals surface area contributed by atoms with E-state index in [0.717, 1.165) is 5.56 Å². The number of rotatable bonds is 7. The van der Waals surface area contributed by atoms with Crippen molar-refractivity contribution in [1.29, 1.82) is 0 Å². The van der Waals surface area contributed by atoms with Gasteiger partial charge < -0.3 is 15.4 Å². The van der Waals surface area contributed by atoms with Crippen LogP contribution in [0.15, 0.2) is 36.4 Å². The van der Waals surface area contributed by atoms with Crippen LogP contribution in [0.5, 0.6) is 5.75 Å². The van der Waals surface area contributed by atoms with E-state index in [1.807, 2.05) is 19.1 Å². The van der Waals surface area contributed by atoms with E-state index < -0.39 is 6.04 Å². The Morgan fingerprint density at radius 2 is 1.82 bits per heavy atom. The number of likely N-dealkylation sites (N-methyl/N-ethyl adjacent to an activating group) is 1. The molecule has 0 aliphatic heterocycles. The van der Waals surface area contributed by atoms with Crippen molar-refractivity contribution in [3.05, 3.63) is 52.0 Å². The molecule has 0 bridgehead atoms. The first kappa shape index (κ1) is 22.0. The summed E-state index contributed by atoms with van der Waals surface area (Å²) in [5.41, 5.74) is 2.13. The fourth-order valence-electron chi connectivity index (χ4n) is 2.49. The maximum absolute atomic E-state index is 12.6. The summed E-state index contributed by atoms with van der Waals surface area (Å²) in [5, 5.41) is 6.35. The number of hydrogen-bond donors (Lipinski definition) is 2. The molecule has 0 radical (unpaired) electrons. The molecule has 0 aromatic heterocycles. The first-order valence-corrected chi connectivity index (χ1v) is 9.37. The number of amides is 2. The number of carbonyl (C=O) groups is 2. The molecular formula is C20H23Cl2N3O3.